The largest absolute Gasteiger partial charge is 0.460 e. The van der Waals surface area contributed by atoms with Crippen molar-refractivity contribution >= 4 is 35.8 Å². The fourth-order valence-corrected chi connectivity index (χ4v) is 4.92. The predicted octanol–water partition coefficient (Wildman–Crippen LogP) is -0.558. The summed E-state index contributed by atoms with van der Waals surface area (Å²) in [6, 6.07) is 0. The molecule has 410 valence electrons. The zero-order valence-electron chi connectivity index (χ0n) is 41.9. The molecule has 0 aromatic heterocycles. The van der Waals surface area contributed by atoms with Gasteiger partial charge in [0.25, 0.3) is 0 Å². The Hall–Kier alpha value is -5.22. The van der Waals surface area contributed by atoms with Crippen molar-refractivity contribution in [3.8, 4) is 0 Å². The molecule has 0 fully saturated rings. The van der Waals surface area contributed by atoms with Crippen molar-refractivity contribution in [2.24, 2.45) is 0 Å². The summed E-state index contributed by atoms with van der Waals surface area (Å²) in [4.78, 5) is 72.7. The summed E-state index contributed by atoms with van der Waals surface area (Å²) in [6.45, 7) is 20.5. The SMILES string of the molecule is C=C(C)C(=O)OCC(O)COC[C@H](OCC(O)COC(=O)C(=C)C)[C@@H](OCC(O)COC(=O)C(=C)C)[C@H](OCC(O)COC(=O)C(=C)C)[C@@H](COCC(O)COC(=O)C(=C)C)OCC(O)COC(=O)C(=C)C. The molecule has 0 aliphatic heterocycles. The van der Waals surface area contributed by atoms with E-state index in [0.29, 0.717) is 0 Å². The van der Waals surface area contributed by atoms with E-state index in [9.17, 15) is 59.4 Å². The van der Waals surface area contributed by atoms with Crippen LogP contribution in [0.5, 0.6) is 0 Å². The lowest BCUT2D eigenvalue weighted by atomic mass is 10.0. The number of carbonyl (C=O) groups is 6. The molecule has 0 saturated heterocycles. The summed E-state index contributed by atoms with van der Waals surface area (Å²) in [7, 11) is 0. The van der Waals surface area contributed by atoms with E-state index in [0.717, 1.165) is 0 Å². The summed E-state index contributed by atoms with van der Waals surface area (Å²) in [5.41, 5.74) is 0.152. The van der Waals surface area contributed by atoms with E-state index < -0.39 is 189 Å². The Kier molecular flexibility index (Phi) is 34.0. The van der Waals surface area contributed by atoms with Crippen LogP contribution in [0.15, 0.2) is 72.9 Å². The fraction of sp³-hybridized carbons (Fsp3) is 0.625. The van der Waals surface area contributed by atoms with Crippen LogP contribution in [-0.4, -0.2) is 220 Å². The maximum Gasteiger partial charge on any atom is 0.333 e. The van der Waals surface area contributed by atoms with Gasteiger partial charge in [0.05, 0.1) is 52.9 Å². The zero-order chi connectivity index (χ0) is 55.1. The van der Waals surface area contributed by atoms with Gasteiger partial charge in [-0.25, -0.2) is 28.8 Å². The maximum atomic E-state index is 12.2. The molecule has 0 aliphatic rings. The lowest BCUT2D eigenvalue weighted by Gasteiger charge is -2.38. The van der Waals surface area contributed by atoms with Crippen molar-refractivity contribution in [1.82, 2.24) is 0 Å². The van der Waals surface area contributed by atoms with Crippen molar-refractivity contribution in [2.75, 3.05) is 92.5 Å². The van der Waals surface area contributed by atoms with E-state index in [2.05, 4.69) is 39.5 Å². The van der Waals surface area contributed by atoms with Crippen molar-refractivity contribution in [1.29, 1.82) is 0 Å². The summed E-state index contributed by atoms with van der Waals surface area (Å²) in [5.74, 6) is -5.00. The Morgan fingerprint density at radius 1 is 0.292 bits per heavy atom. The highest BCUT2D eigenvalue weighted by Gasteiger charge is 2.40. The minimum Gasteiger partial charge on any atom is -0.460 e. The normalized spacial score (nSPS) is 15.3. The van der Waals surface area contributed by atoms with E-state index in [1.54, 1.807) is 0 Å². The first-order chi connectivity index (χ1) is 33.7. The van der Waals surface area contributed by atoms with Gasteiger partial charge in [-0.3, -0.25) is 0 Å². The zero-order valence-corrected chi connectivity index (χ0v) is 41.9. The van der Waals surface area contributed by atoms with Crippen molar-refractivity contribution in [2.45, 2.75) is 103 Å². The second-order valence-electron chi connectivity index (χ2n) is 16.6. The molecule has 0 aromatic carbocycles. The second kappa shape index (κ2) is 36.7. The monoisotopic (exact) mass is 1030 g/mol. The van der Waals surface area contributed by atoms with Gasteiger partial charge in [0.15, 0.2) is 0 Å². The summed E-state index contributed by atoms with van der Waals surface area (Å²) < 4.78 is 66.5. The molecule has 0 aliphatic carbocycles. The van der Waals surface area contributed by atoms with E-state index in [1.807, 2.05) is 0 Å². The molecular weight excluding hydrogens is 961 g/mol. The molecule has 0 aromatic rings. The average molecular weight is 1040 g/mol. The molecule has 0 bridgehead atoms. The first-order valence-electron chi connectivity index (χ1n) is 22.3. The van der Waals surface area contributed by atoms with Gasteiger partial charge < -0.3 is 87.5 Å². The highest BCUT2D eigenvalue weighted by Crippen LogP contribution is 2.22. The van der Waals surface area contributed by atoms with Gasteiger partial charge in [-0.05, 0) is 41.5 Å². The quantitative estimate of drug-likeness (QED) is 0.0254. The Morgan fingerprint density at radius 2 is 0.472 bits per heavy atom. The molecule has 6 N–H and O–H groups in total. The third kappa shape index (κ3) is 30.6. The van der Waals surface area contributed by atoms with Gasteiger partial charge in [-0.15, -0.1) is 0 Å². The highest BCUT2D eigenvalue weighted by atomic mass is 16.6. The Morgan fingerprint density at radius 3 is 0.667 bits per heavy atom. The van der Waals surface area contributed by atoms with Gasteiger partial charge >= 0.3 is 35.8 Å². The molecule has 0 saturated carbocycles. The highest BCUT2D eigenvalue weighted by molar-refractivity contribution is 5.88. The van der Waals surface area contributed by atoms with Crippen LogP contribution >= 0.6 is 0 Å². The summed E-state index contributed by atoms with van der Waals surface area (Å²) >= 11 is 0. The third-order valence-electron chi connectivity index (χ3n) is 8.74. The summed E-state index contributed by atoms with van der Waals surface area (Å²) in [6.07, 6.45) is -15.6. The number of ether oxygens (including phenoxy) is 12. The maximum absolute atomic E-state index is 12.2. The Balaban J connectivity index is 7.63. The number of aliphatic hydroxyl groups is 6. The van der Waals surface area contributed by atoms with Gasteiger partial charge in [-0.1, -0.05) is 39.5 Å². The van der Waals surface area contributed by atoms with Crippen LogP contribution in [0, 0.1) is 0 Å². The molecule has 10 atom stereocenters. The molecule has 24 heteroatoms. The number of rotatable bonds is 41. The lowest BCUT2D eigenvalue weighted by Crippen LogP contribution is -2.55. The minimum absolute atomic E-state index is 0.00676. The van der Waals surface area contributed by atoms with Crippen LogP contribution in [0.1, 0.15) is 41.5 Å². The van der Waals surface area contributed by atoms with Crippen molar-refractivity contribution in [3.05, 3.63) is 72.9 Å². The number of hydrogen-bond donors (Lipinski definition) is 6. The summed E-state index contributed by atoms with van der Waals surface area (Å²) in [5, 5.41) is 65.1. The number of carbonyl (C=O) groups excluding carboxylic acids is 6. The molecule has 0 radical (unpaired) electrons. The molecule has 24 nitrogen and oxygen atoms in total. The van der Waals surface area contributed by atoms with Crippen LogP contribution < -0.4 is 0 Å². The van der Waals surface area contributed by atoms with Gasteiger partial charge in [-0.2, -0.15) is 0 Å². The van der Waals surface area contributed by atoms with Crippen molar-refractivity contribution in [3.63, 3.8) is 0 Å². The Labute approximate surface area is 419 Å². The number of hydrogen-bond acceptors (Lipinski definition) is 24. The van der Waals surface area contributed by atoms with E-state index in [-0.39, 0.29) is 33.4 Å². The smallest absolute Gasteiger partial charge is 0.333 e. The van der Waals surface area contributed by atoms with Gasteiger partial charge in [0.2, 0.25) is 0 Å². The Bertz CT molecular complexity index is 1680. The predicted molar refractivity (Wildman–Crippen MR) is 251 cm³/mol. The number of esters is 6. The average Bonchev–Trinajstić information content (AvgIpc) is 3.31. The van der Waals surface area contributed by atoms with Crippen LogP contribution in [0.2, 0.25) is 0 Å². The van der Waals surface area contributed by atoms with E-state index in [1.165, 1.54) is 41.5 Å². The first kappa shape index (κ1) is 66.8. The third-order valence-corrected chi connectivity index (χ3v) is 8.74. The molecule has 0 rings (SSSR count). The van der Waals surface area contributed by atoms with Crippen molar-refractivity contribution < 1.29 is 116 Å². The topological polar surface area (TPSA) is 335 Å². The van der Waals surface area contributed by atoms with Crippen LogP contribution in [0.3, 0.4) is 0 Å². The second-order valence-corrected chi connectivity index (χ2v) is 16.6. The number of aliphatic hydroxyl groups excluding tert-OH is 6. The standard InChI is InChI=1S/C48H74O24/c1-27(2)43(55)67-19-33(49)13-61-25-39(63-15-35(51)21-69-45(57)29(5)6)41(65-17-37(53)23-71-47(59)31(9)10)42(66-18-38(54)24-72-48(60)32(11)12)40(64-16-36(52)22-70-46(58)30(7)8)26-62-14-34(50)20-68-44(56)28(3)4/h33-42,49-54H,1,3,5,7,9,11,13-26H2,2,4,6,8,10,12H3/t33?,34?,35?,36?,37?,38?,39-,40+,41-,42-/m1/s1. The minimum atomic E-state index is -1.68. The van der Waals surface area contributed by atoms with Gasteiger partial charge in [0.1, 0.15) is 101 Å². The first-order valence-corrected chi connectivity index (χ1v) is 22.3. The fourth-order valence-electron chi connectivity index (χ4n) is 4.92. The van der Waals surface area contributed by atoms with E-state index >= 15 is 0 Å². The lowest BCUT2D eigenvalue weighted by molar-refractivity contribution is -0.219. The van der Waals surface area contributed by atoms with Gasteiger partial charge in [0, 0.05) is 33.4 Å². The molecular formula is C48H74O24. The molecule has 0 spiro atoms. The molecule has 72 heavy (non-hydrogen) atoms. The molecule has 6 unspecified atom stereocenters. The van der Waals surface area contributed by atoms with Crippen LogP contribution in [-0.2, 0) is 85.6 Å². The molecule has 0 amide bonds. The van der Waals surface area contributed by atoms with E-state index in [4.69, 9.17) is 56.8 Å². The molecule has 0 heterocycles. The van der Waals surface area contributed by atoms with Crippen LogP contribution in [0.25, 0.3) is 0 Å². The van der Waals surface area contributed by atoms with Crippen LogP contribution in [0.4, 0.5) is 0 Å².